The maximum atomic E-state index is 12.9. The molecular formula is C26H23ClF3N3OS. The number of nitrogens with zero attached hydrogens (tertiary/aromatic N) is 2. The lowest BCUT2D eigenvalue weighted by Crippen LogP contribution is -2.39. The van der Waals surface area contributed by atoms with Gasteiger partial charge in [0, 0.05) is 24.2 Å². The zero-order chi connectivity index (χ0) is 24.6. The van der Waals surface area contributed by atoms with E-state index in [-0.39, 0.29) is 11.8 Å². The van der Waals surface area contributed by atoms with Crippen LogP contribution in [0, 0.1) is 17.8 Å². The Kier molecular flexibility index (Phi) is 6.68. The van der Waals surface area contributed by atoms with Gasteiger partial charge >= 0.3 is 6.18 Å². The number of nitrogens with one attached hydrogen (secondary N) is 1. The molecule has 6 rings (SSSR count). The van der Waals surface area contributed by atoms with Gasteiger partial charge in [-0.3, -0.25) is 9.78 Å². The highest BCUT2D eigenvalue weighted by Gasteiger charge is 2.42. The predicted molar refractivity (Wildman–Crippen MR) is 131 cm³/mol. The summed E-state index contributed by atoms with van der Waals surface area (Å²) in [5, 5.41) is 3.46. The minimum atomic E-state index is -4.38. The molecule has 3 saturated carbocycles. The number of fused-ring (bicyclic) bond motifs is 3. The Morgan fingerprint density at radius 3 is 2.69 bits per heavy atom. The van der Waals surface area contributed by atoms with Crippen LogP contribution in [-0.4, -0.2) is 15.9 Å². The summed E-state index contributed by atoms with van der Waals surface area (Å²) in [5.74, 6) is 0.679. The van der Waals surface area contributed by atoms with Crippen LogP contribution in [0.3, 0.4) is 0 Å². The van der Waals surface area contributed by atoms with Crippen LogP contribution in [0.15, 0.2) is 54.4 Å². The number of halogens is 4. The average molecular weight is 518 g/mol. The number of benzene rings is 1. The number of pyridine rings is 1. The van der Waals surface area contributed by atoms with Gasteiger partial charge in [0.2, 0.25) is 5.91 Å². The Labute approximate surface area is 210 Å². The molecule has 35 heavy (non-hydrogen) atoms. The molecule has 0 saturated heterocycles. The van der Waals surface area contributed by atoms with Gasteiger partial charge in [-0.05, 0) is 60.8 Å². The minimum absolute atomic E-state index is 0.0225. The molecule has 2 bridgehead atoms. The lowest BCUT2D eigenvalue weighted by atomic mass is 9.62. The van der Waals surface area contributed by atoms with E-state index in [1.54, 1.807) is 0 Å². The smallest absolute Gasteiger partial charge is 0.302 e. The van der Waals surface area contributed by atoms with Crippen molar-refractivity contribution in [1.29, 1.82) is 0 Å². The number of aromatic nitrogens is 2. The largest absolute Gasteiger partial charge is 0.417 e. The summed E-state index contributed by atoms with van der Waals surface area (Å²) in [6.07, 6.45) is 4.57. The molecular weight excluding hydrogens is 495 g/mol. The molecule has 3 aliphatic rings. The summed E-state index contributed by atoms with van der Waals surface area (Å²) < 4.78 is 38.9. The van der Waals surface area contributed by atoms with E-state index in [2.05, 4.69) is 27.4 Å². The summed E-state index contributed by atoms with van der Waals surface area (Å²) in [6, 6.07) is 10.5. The van der Waals surface area contributed by atoms with Crippen molar-refractivity contribution in [2.75, 3.05) is 5.32 Å². The second-order valence-electron chi connectivity index (χ2n) is 9.22. The predicted octanol–water partition coefficient (Wildman–Crippen LogP) is 7.26. The number of thiazole rings is 1. The monoisotopic (exact) mass is 517 g/mol. The number of alkyl halides is 3. The van der Waals surface area contributed by atoms with Crippen molar-refractivity contribution in [2.24, 2.45) is 17.8 Å². The molecule has 2 aromatic heterocycles. The van der Waals surface area contributed by atoms with Gasteiger partial charge in [-0.25, -0.2) is 4.98 Å². The van der Waals surface area contributed by atoms with Gasteiger partial charge in [0.15, 0.2) is 5.13 Å². The Hall–Kier alpha value is -2.71. The Balaban J connectivity index is 1.25. The highest BCUT2D eigenvalue weighted by molar-refractivity contribution is 7.19. The van der Waals surface area contributed by atoms with E-state index in [0.717, 1.165) is 49.1 Å². The highest BCUT2D eigenvalue weighted by Crippen LogP contribution is 2.49. The van der Waals surface area contributed by atoms with Crippen molar-refractivity contribution in [1.82, 2.24) is 9.97 Å². The maximum absolute atomic E-state index is 12.9. The van der Waals surface area contributed by atoms with Crippen LogP contribution < -0.4 is 5.32 Å². The van der Waals surface area contributed by atoms with Crippen molar-refractivity contribution < 1.29 is 18.0 Å². The fourth-order valence-electron chi connectivity index (χ4n) is 5.20. The van der Waals surface area contributed by atoms with E-state index in [0.29, 0.717) is 33.4 Å². The molecule has 3 atom stereocenters. The number of hydrogen-bond donors (Lipinski definition) is 1. The molecule has 0 spiro atoms. The van der Waals surface area contributed by atoms with E-state index in [9.17, 15) is 18.0 Å². The number of carbonyl (C=O) groups excluding carboxylic acids is 1. The number of rotatable bonds is 5. The van der Waals surface area contributed by atoms with E-state index in [1.807, 2.05) is 18.2 Å². The molecule has 4 nitrogen and oxygen atoms in total. The first-order valence-electron chi connectivity index (χ1n) is 11.5. The van der Waals surface area contributed by atoms with Crippen LogP contribution in [0.5, 0.6) is 0 Å². The Morgan fingerprint density at radius 2 is 2.03 bits per heavy atom. The van der Waals surface area contributed by atoms with Gasteiger partial charge in [0.05, 0.1) is 11.8 Å². The lowest BCUT2D eigenvalue weighted by molar-refractivity contribution is -0.137. The van der Waals surface area contributed by atoms with Crippen LogP contribution >= 0.6 is 22.9 Å². The fraction of sp³-hybridized carbons (Fsp3) is 0.346. The highest BCUT2D eigenvalue weighted by atomic mass is 35.5. The number of hydrogen-bond acceptors (Lipinski definition) is 4. The number of anilines is 1. The van der Waals surface area contributed by atoms with Crippen LogP contribution in [0.4, 0.5) is 18.3 Å². The topological polar surface area (TPSA) is 54.9 Å². The SMILES string of the molecule is O=C(Nc1ncc(Cl)s1)C1CC2CCC1CC2=Cc1cccc(Cc2ccc(C(F)(F)F)cn2)c1. The van der Waals surface area contributed by atoms with E-state index < -0.39 is 11.7 Å². The van der Waals surface area contributed by atoms with E-state index >= 15 is 0 Å². The molecule has 0 radical (unpaired) electrons. The normalized spacial score (nSPS) is 23.0. The van der Waals surface area contributed by atoms with Crippen molar-refractivity contribution in [3.8, 4) is 0 Å². The molecule has 0 aliphatic heterocycles. The summed E-state index contributed by atoms with van der Waals surface area (Å²) in [4.78, 5) is 21.0. The van der Waals surface area contributed by atoms with Crippen molar-refractivity contribution in [3.05, 3.63) is 81.1 Å². The van der Waals surface area contributed by atoms with Crippen LogP contribution in [0.1, 0.15) is 48.1 Å². The van der Waals surface area contributed by atoms with Crippen molar-refractivity contribution in [2.45, 2.75) is 38.3 Å². The first-order chi connectivity index (χ1) is 16.7. The van der Waals surface area contributed by atoms with Gasteiger partial charge in [0.25, 0.3) is 0 Å². The van der Waals surface area contributed by atoms with Gasteiger partial charge in [-0.15, -0.1) is 0 Å². The van der Waals surface area contributed by atoms with E-state index in [1.165, 1.54) is 29.2 Å². The number of amides is 1. The Morgan fingerprint density at radius 1 is 1.17 bits per heavy atom. The van der Waals surface area contributed by atoms with Gasteiger partial charge < -0.3 is 5.32 Å². The molecule has 2 heterocycles. The van der Waals surface area contributed by atoms with Crippen LogP contribution in [-0.2, 0) is 17.4 Å². The fourth-order valence-corrected chi connectivity index (χ4v) is 6.02. The van der Waals surface area contributed by atoms with Crippen LogP contribution in [0.2, 0.25) is 4.34 Å². The van der Waals surface area contributed by atoms with Gasteiger partial charge in [0.1, 0.15) is 4.34 Å². The van der Waals surface area contributed by atoms with E-state index in [4.69, 9.17) is 11.6 Å². The molecule has 9 heteroatoms. The first-order valence-corrected chi connectivity index (χ1v) is 12.7. The number of carbonyl (C=O) groups is 1. The third-order valence-corrected chi connectivity index (χ3v) is 7.93. The maximum Gasteiger partial charge on any atom is 0.417 e. The molecule has 1 aromatic carbocycles. The zero-order valence-corrected chi connectivity index (χ0v) is 20.3. The van der Waals surface area contributed by atoms with Gasteiger partial charge in [-0.1, -0.05) is 58.9 Å². The standard InChI is InChI=1S/C26H23ClF3N3OS/c27-23-14-32-25(35-23)33-24(34)22-12-17-4-5-18(22)11-19(17)9-15-2-1-3-16(8-15)10-21-7-6-20(13-31-21)26(28,29)30/h1-3,6-9,13-14,17-18,22H,4-5,10-12H2,(H,32,33,34). The van der Waals surface area contributed by atoms with Gasteiger partial charge in [-0.2, -0.15) is 13.2 Å². The molecule has 182 valence electrons. The molecule has 3 unspecified atom stereocenters. The molecule has 1 N–H and O–H groups in total. The molecule has 1 amide bonds. The average Bonchev–Trinajstić information content (AvgIpc) is 3.24. The third kappa shape index (κ3) is 5.59. The molecule has 3 aromatic rings. The first kappa shape index (κ1) is 24.0. The van der Waals surface area contributed by atoms with Crippen molar-refractivity contribution in [3.63, 3.8) is 0 Å². The zero-order valence-electron chi connectivity index (χ0n) is 18.7. The molecule has 3 aliphatic carbocycles. The van der Waals surface area contributed by atoms with Crippen molar-refractivity contribution >= 4 is 40.1 Å². The second-order valence-corrected chi connectivity index (χ2v) is 10.9. The van der Waals surface area contributed by atoms with Crippen LogP contribution in [0.25, 0.3) is 6.08 Å². The quantitative estimate of drug-likeness (QED) is 0.387. The summed E-state index contributed by atoms with van der Waals surface area (Å²) >= 11 is 7.18. The third-order valence-electron chi connectivity index (χ3n) is 6.90. The second kappa shape index (κ2) is 9.74. The molecule has 3 fully saturated rings. The Bertz CT molecular complexity index is 1260. The minimum Gasteiger partial charge on any atom is -0.302 e. The summed E-state index contributed by atoms with van der Waals surface area (Å²) in [7, 11) is 0. The summed E-state index contributed by atoms with van der Waals surface area (Å²) in [6.45, 7) is 0. The summed E-state index contributed by atoms with van der Waals surface area (Å²) in [5.41, 5.74) is 3.28. The lowest BCUT2D eigenvalue weighted by Gasteiger charge is -2.43. The number of allylic oxidation sites excluding steroid dienone is 1.